The van der Waals surface area contributed by atoms with Crippen LogP contribution in [-0.4, -0.2) is 35.3 Å². The maximum atomic E-state index is 11.8. The molecule has 1 fully saturated rings. The van der Waals surface area contributed by atoms with Crippen LogP contribution >= 0.6 is 0 Å². The van der Waals surface area contributed by atoms with Crippen LogP contribution in [0.2, 0.25) is 0 Å². The van der Waals surface area contributed by atoms with Gasteiger partial charge in [0.2, 0.25) is 11.8 Å². The Labute approximate surface area is 118 Å². The predicted octanol–water partition coefficient (Wildman–Crippen LogP) is 0.713. The molecule has 0 saturated carbocycles. The van der Waals surface area contributed by atoms with Crippen molar-refractivity contribution >= 4 is 11.8 Å². The monoisotopic (exact) mass is 279 g/mol. The van der Waals surface area contributed by atoms with Crippen LogP contribution in [0.3, 0.4) is 0 Å². The van der Waals surface area contributed by atoms with Crippen molar-refractivity contribution in [1.82, 2.24) is 10.2 Å². The smallest absolute Gasteiger partial charge is 0.243 e. The molecule has 20 heavy (non-hydrogen) atoms. The van der Waals surface area contributed by atoms with Gasteiger partial charge >= 0.3 is 0 Å². The first-order valence-corrected chi connectivity index (χ1v) is 6.85. The number of nitrogens with two attached hydrogens (primary N) is 1. The summed E-state index contributed by atoms with van der Waals surface area (Å²) in [7, 11) is 0. The van der Waals surface area contributed by atoms with Gasteiger partial charge in [-0.25, -0.2) is 0 Å². The number of furan rings is 1. The zero-order chi connectivity index (χ0) is 14.9. The molecule has 3 unspecified atom stereocenters. The van der Waals surface area contributed by atoms with E-state index in [9.17, 15) is 9.59 Å². The summed E-state index contributed by atoms with van der Waals surface area (Å²) in [6, 6.07) is 2.82. The molecule has 1 saturated heterocycles. The first kappa shape index (κ1) is 14.7. The highest BCUT2D eigenvalue weighted by Gasteiger charge is 2.39. The first-order chi connectivity index (χ1) is 9.43. The highest BCUT2D eigenvalue weighted by atomic mass is 16.3. The van der Waals surface area contributed by atoms with E-state index in [1.54, 1.807) is 6.92 Å². The summed E-state index contributed by atoms with van der Waals surface area (Å²) in [5, 5.41) is 2.34. The van der Waals surface area contributed by atoms with Crippen molar-refractivity contribution < 1.29 is 14.0 Å². The fourth-order valence-electron chi connectivity index (χ4n) is 2.53. The summed E-state index contributed by atoms with van der Waals surface area (Å²) in [6.07, 6.45) is 0.726. The van der Waals surface area contributed by atoms with Gasteiger partial charge in [0.15, 0.2) is 0 Å². The van der Waals surface area contributed by atoms with Gasteiger partial charge in [-0.1, -0.05) is 6.92 Å². The molecule has 3 atom stereocenters. The maximum absolute atomic E-state index is 11.8. The van der Waals surface area contributed by atoms with Crippen LogP contribution in [0.15, 0.2) is 16.5 Å². The van der Waals surface area contributed by atoms with Crippen molar-refractivity contribution in [2.75, 3.05) is 6.54 Å². The van der Waals surface area contributed by atoms with Gasteiger partial charge in [0.1, 0.15) is 11.5 Å². The van der Waals surface area contributed by atoms with Crippen LogP contribution in [0.5, 0.6) is 0 Å². The van der Waals surface area contributed by atoms with Gasteiger partial charge < -0.3 is 10.2 Å². The Morgan fingerprint density at radius 1 is 1.50 bits per heavy atom. The predicted molar refractivity (Wildman–Crippen MR) is 73.8 cm³/mol. The van der Waals surface area contributed by atoms with E-state index >= 15 is 0 Å². The van der Waals surface area contributed by atoms with E-state index in [4.69, 9.17) is 10.2 Å². The second-order valence-electron chi connectivity index (χ2n) is 5.23. The lowest BCUT2D eigenvalue weighted by molar-refractivity contribution is -0.141. The lowest BCUT2D eigenvalue weighted by atomic mass is 9.99. The summed E-state index contributed by atoms with van der Waals surface area (Å²) >= 11 is 0. The van der Waals surface area contributed by atoms with Crippen molar-refractivity contribution in [3.8, 4) is 0 Å². The molecule has 1 aromatic rings. The van der Waals surface area contributed by atoms with Crippen LogP contribution in [0, 0.1) is 6.92 Å². The highest BCUT2D eigenvalue weighted by Crippen LogP contribution is 2.29. The van der Waals surface area contributed by atoms with Gasteiger partial charge in [0.05, 0.1) is 18.6 Å². The summed E-state index contributed by atoms with van der Waals surface area (Å²) in [4.78, 5) is 25.3. The average molecular weight is 279 g/mol. The van der Waals surface area contributed by atoms with E-state index < -0.39 is 6.04 Å². The standard InChI is InChI=1S/C14H21N3O3/c1-4-10(15)13(11-6-5-8(2)20-11)17-7-12(18)16-14(19)9(17)3/h5-6,9-10,13H,4,7,15H2,1-3H3,(H,16,18,19). The zero-order valence-corrected chi connectivity index (χ0v) is 12.1. The quantitative estimate of drug-likeness (QED) is 0.793. The number of piperazine rings is 1. The minimum Gasteiger partial charge on any atom is -0.465 e. The van der Waals surface area contributed by atoms with Crippen molar-refractivity contribution in [3.63, 3.8) is 0 Å². The fourth-order valence-corrected chi connectivity index (χ4v) is 2.53. The minimum absolute atomic E-state index is 0.144. The Morgan fingerprint density at radius 2 is 2.20 bits per heavy atom. The van der Waals surface area contributed by atoms with E-state index in [-0.39, 0.29) is 30.4 Å². The van der Waals surface area contributed by atoms with Crippen LogP contribution in [0.1, 0.15) is 37.8 Å². The topological polar surface area (TPSA) is 88.6 Å². The molecule has 6 heteroatoms. The molecule has 1 aliphatic heterocycles. The minimum atomic E-state index is -0.416. The summed E-state index contributed by atoms with van der Waals surface area (Å²) in [5.41, 5.74) is 6.20. The maximum Gasteiger partial charge on any atom is 0.243 e. The third-order valence-corrected chi connectivity index (χ3v) is 3.75. The van der Waals surface area contributed by atoms with Gasteiger partial charge in [-0.15, -0.1) is 0 Å². The number of hydrogen-bond acceptors (Lipinski definition) is 5. The number of nitrogens with one attached hydrogen (secondary N) is 1. The molecule has 1 aromatic heterocycles. The van der Waals surface area contributed by atoms with Crippen LogP contribution in [-0.2, 0) is 9.59 Å². The molecule has 6 nitrogen and oxygen atoms in total. The van der Waals surface area contributed by atoms with Crippen molar-refractivity contribution in [3.05, 3.63) is 23.7 Å². The summed E-state index contributed by atoms with van der Waals surface area (Å²) in [6.45, 7) is 5.75. The van der Waals surface area contributed by atoms with E-state index in [0.717, 1.165) is 12.2 Å². The molecule has 110 valence electrons. The summed E-state index contributed by atoms with van der Waals surface area (Å²) in [5.74, 6) is 0.891. The number of nitrogens with zero attached hydrogens (tertiary/aromatic N) is 1. The number of carbonyl (C=O) groups excluding carboxylic acids is 2. The average Bonchev–Trinajstić information content (AvgIpc) is 2.81. The Kier molecular flexibility index (Phi) is 4.25. The van der Waals surface area contributed by atoms with Gasteiger partial charge in [-0.2, -0.15) is 0 Å². The van der Waals surface area contributed by atoms with Crippen LogP contribution < -0.4 is 11.1 Å². The Morgan fingerprint density at radius 3 is 2.75 bits per heavy atom. The molecular weight excluding hydrogens is 258 g/mol. The molecule has 0 aliphatic carbocycles. The van der Waals surface area contributed by atoms with Crippen molar-refractivity contribution in [2.24, 2.45) is 5.73 Å². The summed E-state index contributed by atoms with van der Waals surface area (Å²) < 4.78 is 5.68. The molecule has 0 aromatic carbocycles. The lowest BCUT2D eigenvalue weighted by Gasteiger charge is -2.39. The molecule has 0 spiro atoms. The van der Waals surface area contributed by atoms with Gasteiger partial charge in [-0.05, 0) is 32.4 Å². The first-order valence-electron chi connectivity index (χ1n) is 6.85. The normalized spacial score (nSPS) is 23.5. The number of carbonyl (C=O) groups is 2. The van der Waals surface area contributed by atoms with Crippen LogP contribution in [0.4, 0.5) is 0 Å². The molecule has 2 amide bonds. The molecule has 0 radical (unpaired) electrons. The second-order valence-corrected chi connectivity index (χ2v) is 5.23. The largest absolute Gasteiger partial charge is 0.465 e. The van der Waals surface area contributed by atoms with Gasteiger partial charge in [-0.3, -0.25) is 19.8 Å². The van der Waals surface area contributed by atoms with E-state index in [1.165, 1.54) is 0 Å². The molecule has 2 rings (SSSR count). The fraction of sp³-hybridized carbons (Fsp3) is 0.571. The Hall–Kier alpha value is -1.66. The SMILES string of the molecule is CCC(N)C(c1ccc(C)o1)N1CC(=O)NC(=O)C1C. The van der Waals surface area contributed by atoms with Gasteiger partial charge in [0, 0.05) is 6.04 Å². The molecular formula is C14H21N3O3. The molecule has 2 heterocycles. The molecule has 1 aliphatic rings. The van der Waals surface area contributed by atoms with E-state index in [0.29, 0.717) is 5.76 Å². The number of aryl methyl sites for hydroxylation is 1. The number of amides is 2. The number of rotatable bonds is 4. The van der Waals surface area contributed by atoms with Crippen molar-refractivity contribution in [2.45, 2.75) is 45.3 Å². The zero-order valence-electron chi connectivity index (χ0n) is 12.1. The molecule has 0 bridgehead atoms. The van der Waals surface area contributed by atoms with Gasteiger partial charge in [0.25, 0.3) is 0 Å². The third kappa shape index (κ3) is 2.76. The number of hydrogen-bond donors (Lipinski definition) is 2. The highest BCUT2D eigenvalue weighted by molar-refractivity contribution is 6.00. The lowest BCUT2D eigenvalue weighted by Crippen LogP contribution is -2.59. The third-order valence-electron chi connectivity index (χ3n) is 3.75. The van der Waals surface area contributed by atoms with E-state index in [1.807, 2.05) is 30.9 Å². The Bertz CT molecular complexity index is 512. The molecule has 3 N–H and O–H groups in total. The van der Waals surface area contributed by atoms with E-state index in [2.05, 4.69) is 5.32 Å². The second kappa shape index (κ2) is 5.76. The Balaban J connectivity index is 2.35. The number of imide groups is 1. The van der Waals surface area contributed by atoms with Crippen molar-refractivity contribution in [1.29, 1.82) is 0 Å². The van der Waals surface area contributed by atoms with Crippen LogP contribution in [0.25, 0.3) is 0 Å².